The first-order valence-electron chi connectivity index (χ1n) is 10.3. The fourth-order valence-corrected chi connectivity index (χ4v) is 3.21. The Balaban J connectivity index is 2.16. The lowest BCUT2D eigenvalue weighted by Gasteiger charge is -2.29. The van der Waals surface area contributed by atoms with Gasteiger partial charge in [-0.2, -0.15) is 0 Å². The number of ether oxygens (including phenoxy) is 2. The highest BCUT2D eigenvalue weighted by Crippen LogP contribution is 2.28. The Morgan fingerprint density at radius 3 is 2.16 bits per heavy atom. The normalized spacial score (nSPS) is 11.7. The summed E-state index contributed by atoms with van der Waals surface area (Å²) in [4.78, 5) is 27.2. The number of carbonyl (C=O) groups excluding carboxylic acids is 2. The highest BCUT2D eigenvalue weighted by atomic mass is 19.1. The zero-order valence-electron chi connectivity index (χ0n) is 18.8. The van der Waals surface area contributed by atoms with E-state index in [4.69, 9.17) is 9.47 Å². The molecule has 2 aromatic carbocycles. The quantitative estimate of drug-likeness (QED) is 0.624. The van der Waals surface area contributed by atoms with Crippen molar-refractivity contribution in [1.82, 2.24) is 10.2 Å². The number of hydrogen-bond acceptors (Lipinski definition) is 4. The Morgan fingerprint density at radius 1 is 0.968 bits per heavy atom. The van der Waals surface area contributed by atoms with Gasteiger partial charge in [0, 0.05) is 19.0 Å². The maximum atomic E-state index is 13.3. The monoisotopic (exact) mass is 430 g/mol. The van der Waals surface area contributed by atoms with Crippen LogP contribution in [0.4, 0.5) is 4.39 Å². The van der Waals surface area contributed by atoms with E-state index in [0.29, 0.717) is 17.9 Å². The van der Waals surface area contributed by atoms with E-state index in [9.17, 15) is 14.0 Å². The predicted molar refractivity (Wildman–Crippen MR) is 118 cm³/mol. The second kappa shape index (κ2) is 11.3. The molecule has 0 fully saturated rings. The molecule has 0 aliphatic carbocycles. The lowest BCUT2D eigenvalue weighted by molar-refractivity contribution is -0.140. The summed E-state index contributed by atoms with van der Waals surface area (Å²) in [5.74, 6) is 0.484. The Labute approximate surface area is 183 Å². The molecular weight excluding hydrogens is 399 g/mol. The third-order valence-corrected chi connectivity index (χ3v) is 4.94. The van der Waals surface area contributed by atoms with Gasteiger partial charge in [-0.25, -0.2) is 4.39 Å². The van der Waals surface area contributed by atoms with Gasteiger partial charge >= 0.3 is 0 Å². The minimum atomic E-state index is -0.662. The van der Waals surface area contributed by atoms with Gasteiger partial charge in [-0.1, -0.05) is 18.2 Å². The lowest BCUT2D eigenvalue weighted by Crippen LogP contribution is -2.49. The van der Waals surface area contributed by atoms with Crippen LogP contribution in [-0.4, -0.2) is 43.0 Å². The molecule has 31 heavy (non-hydrogen) atoms. The van der Waals surface area contributed by atoms with Gasteiger partial charge in [-0.05, 0) is 62.6 Å². The lowest BCUT2D eigenvalue weighted by atomic mass is 10.1. The fourth-order valence-electron chi connectivity index (χ4n) is 3.21. The van der Waals surface area contributed by atoms with Crippen LogP contribution >= 0.6 is 0 Å². The Bertz CT molecular complexity index is 884. The van der Waals surface area contributed by atoms with Gasteiger partial charge in [0.1, 0.15) is 11.9 Å². The minimum absolute atomic E-state index is 0.0375. The summed E-state index contributed by atoms with van der Waals surface area (Å²) in [6, 6.07) is 10.8. The SMILES string of the molecule is COc1ccc(CCC(=O)N(Cc2ccc(F)cc2)C(C)C(=O)NC(C)C)cc1OC. The minimum Gasteiger partial charge on any atom is -0.493 e. The first kappa shape index (κ1) is 24.2. The van der Waals surface area contributed by atoms with Crippen LogP contribution in [-0.2, 0) is 22.6 Å². The van der Waals surface area contributed by atoms with Crippen molar-refractivity contribution in [2.45, 2.75) is 52.2 Å². The average Bonchev–Trinajstić information content (AvgIpc) is 2.75. The third kappa shape index (κ3) is 6.98. The smallest absolute Gasteiger partial charge is 0.242 e. The number of amides is 2. The van der Waals surface area contributed by atoms with Crippen LogP contribution in [0.15, 0.2) is 42.5 Å². The fraction of sp³-hybridized carbons (Fsp3) is 0.417. The standard InChI is InChI=1S/C24H31FN2O4/c1-16(2)26-24(29)17(3)27(15-19-6-10-20(25)11-7-19)23(28)13-9-18-8-12-21(30-4)22(14-18)31-5/h6-8,10-12,14,16-17H,9,13,15H2,1-5H3,(H,26,29). The highest BCUT2D eigenvalue weighted by molar-refractivity contribution is 5.87. The van der Waals surface area contributed by atoms with Crippen LogP contribution in [0.5, 0.6) is 11.5 Å². The maximum Gasteiger partial charge on any atom is 0.242 e. The molecule has 0 saturated carbocycles. The maximum absolute atomic E-state index is 13.3. The molecule has 0 heterocycles. The molecule has 0 radical (unpaired) electrons. The van der Waals surface area contributed by atoms with Crippen molar-refractivity contribution < 1.29 is 23.5 Å². The summed E-state index contributed by atoms with van der Waals surface area (Å²) in [6.45, 7) is 5.66. The van der Waals surface area contributed by atoms with E-state index in [2.05, 4.69) is 5.32 Å². The van der Waals surface area contributed by atoms with Crippen molar-refractivity contribution in [1.29, 1.82) is 0 Å². The number of benzene rings is 2. The Kier molecular flexibility index (Phi) is 8.85. The molecule has 0 saturated heterocycles. The molecule has 2 aromatic rings. The molecule has 6 nitrogen and oxygen atoms in total. The number of nitrogens with zero attached hydrogens (tertiary/aromatic N) is 1. The van der Waals surface area contributed by atoms with E-state index >= 15 is 0 Å². The second-order valence-corrected chi connectivity index (χ2v) is 7.68. The van der Waals surface area contributed by atoms with Crippen molar-refractivity contribution in [2.24, 2.45) is 0 Å². The molecule has 0 aliphatic heterocycles. The van der Waals surface area contributed by atoms with Crippen LogP contribution in [0.25, 0.3) is 0 Å². The van der Waals surface area contributed by atoms with Crippen LogP contribution in [0.1, 0.15) is 38.3 Å². The zero-order chi connectivity index (χ0) is 23.0. The molecule has 1 unspecified atom stereocenters. The number of methoxy groups -OCH3 is 2. The number of halogens is 1. The summed E-state index contributed by atoms with van der Waals surface area (Å²) >= 11 is 0. The molecule has 1 N–H and O–H groups in total. The molecule has 0 aliphatic rings. The van der Waals surface area contributed by atoms with Crippen molar-refractivity contribution in [3.05, 3.63) is 59.4 Å². The number of rotatable bonds is 10. The number of nitrogens with one attached hydrogen (secondary N) is 1. The molecule has 2 amide bonds. The van der Waals surface area contributed by atoms with Gasteiger partial charge < -0.3 is 19.7 Å². The van der Waals surface area contributed by atoms with Crippen molar-refractivity contribution in [3.63, 3.8) is 0 Å². The topological polar surface area (TPSA) is 67.9 Å². The van der Waals surface area contributed by atoms with E-state index in [1.165, 1.54) is 17.0 Å². The first-order valence-corrected chi connectivity index (χ1v) is 10.3. The zero-order valence-corrected chi connectivity index (χ0v) is 18.8. The predicted octanol–water partition coefficient (Wildman–Crippen LogP) is 3.72. The number of aryl methyl sites for hydroxylation is 1. The van der Waals surface area contributed by atoms with E-state index in [1.807, 2.05) is 26.0 Å². The van der Waals surface area contributed by atoms with E-state index < -0.39 is 6.04 Å². The van der Waals surface area contributed by atoms with E-state index in [-0.39, 0.29) is 36.6 Å². The van der Waals surface area contributed by atoms with Gasteiger partial charge in [-0.3, -0.25) is 9.59 Å². The van der Waals surface area contributed by atoms with Gasteiger partial charge in [0.25, 0.3) is 0 Å². The molecule has 168 valence electrons. The van der Waals surface area contributed by atoms with Crippen LogP contribution in [0, 0.1) is 5.82 Å². The van der Waals surface area contributed by atoms with Crippen LogP contribution in [0.3, 0.4) is 0 Å². The second-order valence-electron chi connectivity index (χ2n) is 7.68. The third-order valence-electron chi connectivity index (χ3n) is 4.94. The van der Waals surface area contributed by atoms with Crippen molar-refractivity contribution >= 4 is 11.8 Å². The Hall–Kier alpha value is -3.09. The van der Waals surface area contributed by atoms with Crippen LogP contribution < -0.4 is 14.8 Å². The van der Waals surface area contributed by atoms with Gasteiger partial charge in [0.05, 0.1) is 14.2 Å². The molecule has 0 bridgehead atoms. The van der Waals surface area contributed by atoms with Gasteiger partial charge in [0.2, 0.25) is 11.8 Å². The van der Waals surface area contributed by atoms with E-state index in [1.54, 1.807) is 39.3 Å². The van der Waals surface area contributed by atoms with Crippen molar-refractivity contribution in [3.8, 4) is 11.5 Å². The summed E-state index contributed by atoms with van der Waals surface area (Å²) in [7, 11) is 3.13. The number of carbonyl (C=O) groups is 2. The molecular formula is C24H31FN2O4. The summed E-state index contributed by atoms with van der Waals surface area (Å²) in [5.41, 5.74) is 1.68. The first-order chi connectivity index (χ1) is 14.7. The molecule has 1 atom stereocenters. The average molecular weight is 431 g/mol. The molecule has 2 rings (SSSR count). The largest absolute Gasteiger partial charge is 0.493 e. The number of hydrogen-bond donors (Lipinski definition) is 1. The summed E-state index contributed by atoms with van der Waals surface area (Å²) in [5, 5.41) is 2.85. The van der Waals surface area contributed by atoms with Gasteiger partial charge in [0.15, 0.2) is 11.5 Å². The molecule has 7 heteroatoms. The van der Waals surface area contributed by atoms with E-state index in [0.717, 1.165) is 11.1 Å². The van der Waals surface area contributed by atoms with Crippen LogP contribution in [0.2, 0.25) is 0 Å². The summed E-state index contributed by atoms with van der Waals surface area (Å²) in [6.07, 6.45) is 0.702. The Morgan fingerprint density at radius 2 is 1.58 bits per heavy atom. The molecule has 0 spiro atoms. The van der Waals surface area contributed by atoms with Crippen molar-refractivity contribution in [2.75, 3.05) is 14.2 Å². The highest BCUT2D eigenvalue weighted by Gasteiger charge is 2.26. The molecule has 0 aromatic heterocycles. The summed E-state index contributed by atoms with van der Waals surface area (Å²) < 4.78 is 23.8. The van der Waals surface area contributed by atoms with Gasteiger partial charge in [-0.15, -0.1) is 0 Å².